The first-order valence-electron chi connectivity index (χ1n) is 7.37. The van der Waals surface area contributed by atoms with Crippen LogP contribution >= 0.6 is 0 Å². The largest absolute Gasteiger partial charge is 0.479 e. The van der Waals surface area contributed by atoms with Crippen LogP contribution < -0.4 is 0 Å². The highest BCUT2D eigenvalue weighted by Crippen LogP contribution is 2.48. The molecule has 1 atom stereocenters. The lowest BCUT2D eigenvalue weighted by Crippen LogP contribution is -2.53. The maximum Gasteiger partial charge on any atom is 0.333 e. The van der Waals surface area contributed by atoms with Gasteiger partial charge in [0.2, 0.25) is 0 Å². The molecule has 0 aliphatic rings. The zero-order valence-corrected chi connectivity index (χ0v) is 15.2. The second-order valence-corrected chi connectivity index (χ2v) is 8.68. The Balaban J connectivity index is 6.13. The summed E-state index contributed by atoms with van der Waals surface area (Å²) in [4.78, 5) is 23.1. The number of carboxylic acid groups (broad SMARTS) is 2. The van der Waals surface area contributed by atoms with Gasteiger partial charge in [0.15, 0.2) is 11.1 Å². The van der Waals surface area contributed by atoms with Crippen molar-refractivity contribution < 1.29 is 19.8 Å². The monoisotopic (exact) mass is 314 g/mol. The summed E-state index contributed by atoms with van der Waals surface area (Å²) in [6, 6.07) is 0. The number of hydrogen-bond acceptors (Lipinski definition) is 4. The Kier molecular flexibility index (Phi) is 5.57. The molecule has 0 saturated carbocycles. The Morgan fingerprint density at radius 1 is 0.727 bits per heavy atom. The van der Waals surface area contributed by atoms with Crippen molar-refractivity contribution in [3.05, 3.63) is 0 Å². The highest BCUT2D eigenvalue weighted by Gasteiger charge is 2.53. The van der Waals surface area contributed by atoms with E-state index in [1.807, 2.05) is 41.5 Å². The number of carbonyl (C=O) groups is 2. The highest BCUT2D eigenvalue weighted by atomic mass is 16.4. The number of azo groups is 1. The van der Waals surface area contributed by atoms with Gasteiger partial charge < -0.3 is 10.2 Å². The zero-order valence-electron chi connectivity index (χ0n) is 15.2. The van der Waals surface area contributed by atoms with Crippen molar-refractivity contribution in [3.63, 3.8) is 0 Å². The summed E-state index contributed by atoms with van der Waals surface area (Å²) in [5.41, 5.74) is -3.67. The Bertz CT molecular complexity index is 456. The summed E-state index contributed by atoms with van der Waals surface area (Å²) in [7, 11) is 0. The number of hydrogen-bond donors (Lipinski definition) is 2. The average Bonchev–Trinajstić information content (AvgIpc) is 2.21. The van der Waals surface area contributed by atoms with Gasteiger partial charge in [0.1, 0.15) is 0 Å². The van der Waals surface area contributed by atoms with Gasteiger partial charge in [-0.1, -0.05) is 41.5 Å². The Hall–Kier alpha value is -1.46. The van der Waals surface area contributed by atoms with Gasteiger partial charge in [0.25, 0.3) is 0 Å². The van der Waals surface area contributed by atoms with Gasteiger partial charge in [-0.2, -0.15) is 10.2 Å². The SMILES string of the molecule is CC(C)(N=NC(C)(C(=O)O)C(C(C)(C)C)C(C)(C)C)C(=O)O. The fourth-order valence-corrected chi connectivity index (χ4v) is 3.48. The minimum absolute atomic E-state index is 0.349. The zero-order chi connectivity index (χ0) is 18.1. The van der Waals surface area contributed by atoms with Gasteiger partial charge >= 0.3 is 11.9 Å². The Labute approximate surface area is 133 Å². The van der Waals surface area contributed by atoms with Crippen LogP contribution in [0, 0.1) is 16.7 Å². The molecule has 0 rings (SSSR count). The van der Waals surface area contributed by atoms with E-state index in [1.54, 1.807) is 0 Å². The van der Waals surface area contributed by atoms with E-state index in [9.17, 15) is 14.7 Å². The van der Waals surface area contributed by atoms with Crippen molar-refractivity contribution in [2.45, 2.75) is 73.4 Å². The third-order valence-corrected chi connectivity index (χ3v) is 3.76. The van der Waals surface area contributed by atoms with E-state index in [0.717, 1.165) is 0 Å². The van der Waals surface area contributed by atoms with Crippen LogP contribution in [0.25, 0.3) is 0 Å². The van der Waals surface area contributed by atoms with Crippen LogP contribution in [0.5, 0.6) is 0 Å². The molecule has 0 aromatic heterocycles. The first kappa shape index (κ1) is 20.5. The lowest BCUT2D eigenvalue weighted by molar-refractivity contribution is -0.151. The Morgan fingerprint density at radius 2 is 1.09 bits per heavy atom. The van der Waals surface area contributed by atoms with Crippen molar-refractivity contribution in [2.75, 3.05) is 0 Å². The van der Waals surface area contributed by atoms with Crippen molar-refractivity contribution in [2.24, 2.45) is 27.0 Å². The van der Waals surface area contributed by atoms with Crippen LogP contribution in [0.4, 0.5) is 0 Å². The smallest absolute Gasteiger partial charge is 0.333 e. The summed E-state index contributed by atoms with van der Waals surface area (Å²) in [5.74, 6) is -2.60. The summed E-state index contributed by atoms with van der Waals surface area (Å²) in [6.07, 6.45) is 0. The number of nitrogens with zero attached hydrogens (tertiary/aromatic N) is 2. The summed E-state index contributed by atoms with van der Waals surface area (Å²) < 4.78 is 0. The van der Waals surface area contributed by atoms with Gasteiger partial charge in [-0.05, 0) is 31.6 Å². The maximum absolute atomic E-state index is 11.9. The predicted octanol–water partition coefficient (Wildman–Crippen LogP) is 3.85. The lowest BCUT2D eigenvalue weighted by Gasteiger charge is -2.47. The van der Waals surface area contributed by atoms with E-state index >= 15 is 0 Å². The molecule has 0 radical (unpaired) electrons. The van der Waals surface area contributed by atoms with Crippen LogP contribution in [-0.2, 0) is 9.59 Å². The number of aliphatic carboxylic acids is 2. The van der Waals surface area contributed by atoms with Gasteiger partial charge in [0, 0.05) is 5.92 Å². The molecule has 6 heteroatoms. The van der Waals surface area contributed by atoms with E-state index in [0.29, 0.717) is 0 Å². The van der Waals surface area contributed by atoms with Crippen LogP contribution in [-0.4, -0.2) is 33.2 Å². The predicted molar refractivity (Wildman–Crippen MR) is 85.0 cm³/mol. The molecular weight excluding hydrogens is 284 g/mol. The van der Waals surface area contributed by atoms with E-state index in [4.69, 9.17) is 5.11 Å². The van der Waals surface area contributed by atoms with Crippen molar-refractivity contribution in [1.82, 2.24) is 0 Å². The second-order valence-electron chi connectivity index (χ2n) is 8.68. The molecule has 0 aliphatic carbocycles. The molecule has 0 heterocycles. The number of carboxylic acids is 2. The molecule has 22 heavy (non-hydrogen) atoms. The maximum atomic E-state index is 11.9. The molecule has 0 spiro atoms. The Morgan fingerprint density at radius 3 is 1.32 bits per heavy atom. The van der Waals surface area contributed by atoms with Crippen LogP contribution in [0.2, 0.25) is 0 Å². The van der Waals surface area contributed by atoms with Crippen molar-refractivity contribution >= 4 is 11.9 Å². The van der Waals surface area contributed by atoms with E-state index in [-0.39, 0.29) is 16.7 Å². The van der Waals surface area contributed by atoms with Crippen LogP contribution in [0.3, 0.4) is 0 Å². The van der Waals surface area contributed by atoms with Crippen LogP contribution in [0.15, 0.2) is 10.2 Å². The highest BCUT2D eigenvalue weighted by molar-refractivity contribution is 5.80. The summed E-state index contributed by atoms with van der Waals surface area (Å²) >= 11 is 0. The standard InChI is InChI=1S/C16H30N2O4/c1-13(2,3)10(14(4,5)6)16(9,12(21)22)18-17-15(7,8)11(19)20/h10H,1-9H3,(H,19,20)(H,21,22). The van der Waals surface area contributed by atoms with Gasteiger partial charge in [-0.3, -0.25) is 0 Å². The van der Waals surface area contributed by atoms with Crippen molar-refractivity contribution in [3.8, 4) is 0 Å². The van der Waals surface area contributed by atoms with Crippen LogP contribution in [0.1, 0.15) is 62.3 Å². The molecule has 0 fully saturated rings. The topological polar surface area (TPSA) is 99.3 Å². The summed E-state index contributed by atoms with van der Waals surface area (Å²) in [6.45, 7) is 16.1. The molecule has 0 aromatic rings. The van der Waals surface area contributed by atoms with Crippen molar-refractivity contribution in [1.29, 1.82) is 0 Å². The van der Waals surface area contributed by atoms with Gasteiger partial charge in [0.05, 0.1) is 0 Å². The normalized spacial score (nSPS) is 16.8. The molecule has 0 aromatic carbocycles. The number of rotatable bonds is 5. The molecule has 0 saturated heterocycles. The average molecular weight is 314 g/mol. The molecule has 0 aliphatic heterocycles. The van der Waals surface area contributed by atoms with E-state index < -0.39 is 23.0 Å². The quantitative estimate of drug-likeness (QED) is 0.753. The second kappa shape index (κ2) is 5.97. The molecule has 2 N–H and O–H groups in total. The molecule has 1 unspecified atom stereocenters. The molecule has 6 nitrogen and oxygen atoms in total. The van der Waals surface area contributed by atoms with Gasteiger partial charge in [-0.25, -0.2) is 9.59 Å². The first-order chi connectivity index (χ1) is 9.46. The molecule has 0 amide bonds. The third kappa shape index (κ3) is 4.52. The third-order valence-electron chi connectivity index (χ3n) is 3.76. The summed E-state index contributed by atoms with van der Waals surface area (Å²) in [5, 5.41) is 26.8. The van der Waals surface area contributed by atoms with Gasteiger partial charge in [-0.15, -0.1) is 0 Å². The molecule has 128 valence electrons. The van der Waals surface area contributed by atoms with E-state index in [1.165, 1.54) is 20.8 Å². The fraction of sp³-hybridized carbons (Fsp3) is 0.875. The minimum Gasteiger partial charge on any atom is -0.479 e. The first-order valence-corrected chi connectivity index (χ1v) is 7.37. The van der Waals surface area contributed by atoms with E-state index in [2.05, 4.69) is 10.2 Å². The fourth-order valence-electron chi connectivity index (χ4n) is 3.48. The molecule has 0 bridgehead atoms. The minimum atomic E-state index is -1.51. The lowest BCUT2D eigenvalue weighted by atomic mass is 9.58. The molecular formula is C16H30N2O4.